The second-order valence-electron chi connectivity index (χ2n) is 5.51. The van der Waals surface area contributed by atoms with E-state index in [2.05, 4.69) is 5.32 Å². The Balaban J connectivity index is 2.03. The molecule has 21 heavy (non-hydrogen) atoms. The van der Waals surface area contributed by atoms with Gasteiger partial charge in [-0.15, -0.1) is 0 Å². The molecule has 1 aliphatic rings. The van der Waals surface area contributed by atoms with Crippen LogP contribution >= 0.6 is 0 Å². The molecule has 1 saturated heterocycles. The fourth-order valence-electron chi connectivity index (χ4n) is 2.35. The van der Waals surface area contributed by atoms with Gasteiger partial charge in [0.2, 0.25) is 5.75 Å². The first-order valence-corrected chi connectivity index (χ1v) is 7.37. The van der Waals surface area contributed by atoms with E-state index < -0.39 is 4.92 Å². The second kappa shape index (κ2) is 7.26. The summed E-state index contributed by atoms with van der Waals surface area (Å²) in [4.78, 5) is 10.6. The molecule has 1 aromatic rings. The molecule has 1 aromatic carbocycles. The molecular formula is C15H22N2O4. The molecule has 6 nitrogen and oxygen atoms in total. The van der Waals surface area contributed by atoms with Crippen LogP contribution in [0.1, 0.15) is 33.1 Å². The van der Waals surface area contributed by atoms with Crippen molar-refractivity contribution in [3.63, 3.8) is 0 Å². The van der Waals surface area contributed by atoms with Gasteiger partial charge in [-0.3, -0.25) is 10.1 Å². The summed E-state index contributed by atoms with van der Waals surface area (Å²) in [5.41, 5.74) is -0.0353. The average Bonchev–Trinajstić information content (AvgIpc) is 2.45. The van der Waals surface area contributed by atoms with Gasteiger partial charge in [0.05, 0.1) is 11.0 Å². The van der Waals surface area contributed by atoms with Gasteiger partial charge in [-0.25, -0.2) is 0 Å². The highest BCUT2D eigenvalue weighted by Crippen LogP contribution is 2.32. The van der Waals surface area contributed by atoms with Gasteiger partial charge in [-0.2, -0.15) is 0 Å². The molecular weight excluding hydrogens is 272 g/mol. The van der Waals surface area contributed by atoms with Crippen LogP contribution in [0.5, 0.6) is 11.5 Å². The summed E-state index contributed by atoms with van der Waals surface area (Å²) in [5.74, 6) is 0.854. The summed E-state index contributed by atoms with van der Waals surface area (Å²) in [7, 11) is 0. The zero-order valence-corrected chi connectivity index (χ0v) is 12.5. The Morgan fingerprint density at radius 2 is 2.24 bits per heavy atom. The smallest absolute Gasteiger partial charge is 0.311 e. The number of piperidine rings is 1. The number of nitro benzene ring substituents is 1. The quantitative estimate of drug-likeness (QED) is 0.645. The normalized spacial score (nSPS) is 18.5. The minimum Gasteiger partial charge on any atom is -0.492 e. The van der Waals surface area contributed by atoms with E-state index in [1.54, 1.807) is 12.1 Å². The Hall–Kier alpha value is -1.82. The number of hydrogen-bond acceptors (Lipinski definition) is 5. The van der Waals surface area contributed by atoms with Gasteiger partial charge in [0.1, 0.15) is 12.4 Å². The molecule has 1 N–H and O–H groups in total. The minimum atomic E-state index is -0.440. The number of nitrogens with zero attached hydrogens (tertiary/aromatic N) is 1. The topological polar surface area (TPSA) is 73.6 Å². The lowest BCUT2D eigenvalue weighted by Gasteiger charge is -2.23. The van der Waals surface area contributed by atoms with Crippen LogP contribution in [0.3, 0.4) is 0 Å². The lowest BCUT2D eigenvalue weighted by atomic mass is 10.1. The van der Waals surface area contributed by atoms with E-state index >= 15 is 0 Å². The molecule has 1 aliphatic heterocycles. The largest absolute Gasteiger partial charge is 0.492 e. The highest BCUT2D eigenvalue weighted by molar-refractivity contribution is 5.50. The van der Waals surface area contributed by atoms with Crippen LogP contribution in [0, 0.1) is 10.1 Å². The Bertz CT molecular complexity index is 485. The van der Waals surface area contributed by atoms with Crippen molar-refractivity contribution in [3.05, 3.63) is 28.3 Å². The third kappa shape index (κ3) is 4.60. The first-order valence-electron chi connectivity index (χ1n) is 7.37. The molecule has 1 fully saturated rings. The van der Waals surface area contributed by atoms with Crippen LogP contribution < -0.4 is 14.8 Å². The van der Waals surface area contributed by atoms with Crippen LogP contribution in [-0.2, 0) is 0 Å². The monoisotopic (exact) mass is 294 g/mol. The molecule has 1 atom stereocenters. The van der Waals surface area contributed by atoms with Gasteiger partial charge in [0, 0.05) is 18.2 Å². The van der Waals surface area contributed by atoms with Crippen LogP contribution in [-0.4, -0.2) is 30.2 Å². The number of ether oxygens (including phenoxy) is 2. The molecule has 0 bridgehead atoms. The molecule has 0 saturated carbocycles. The van der Waals surface area contributed by atoms with Crippen molar-refractivity contribution in [3.8, 4) is 11.5 Å². The van der Waals surface area contributed by atoms with Crippen molar-refractivity contribution in [2.75, 3.05) is 13.2 Å². The highest BCUT2D eigenvalue weighted by atomic mass is 16.6. The fraction of sp³-hybridized carbons (Fsp3) is 0.600. The average molecular weight is 294 g/mol. The van der Waals surface area contributed by atoms with Crippen molar-refractivity contribution in [1.29, 1.82) is 0 Å². The molecule has 1 unspecified atom stereocenters. The van der Waals surface area contributed by atoms with E-state index in [4.69, 9.17) is 9.47 Å². The van der Waals surface area contributed by atoms with Gasteiger partial charge >= 0.3 is 5.69 Å². The molecule has 6 heteroatoms. The van der Waals surface area contributed by atoms with Gasteiger partial charge in [0.25, 0.3) is 0 Å². The van der Waals surface area contributed by atoms with Gasteiger partial charge in [0.15, 0.2) is 0 Å². The Morgan fingerprint density at radius 1 is 1.43 bits per heavy atom. The molecule has 1 heterocycles. The van der Waals surface area contributed by atoms with Crippen LogP contribution in [0.25, 0.3) is 0 Å². The molecule has 116 valence electrons. The van der Waals surface area contributed by atoms with E-state index in [1.165, 1.54) is 18.9 Å². The summed E-state index contributed by atoms with van der Waals surface area (Å²) in [6.07, 6.45) is 3.39. The molecule has 0 spiro atoms. The number of hydrogen-bond donors (Lipinski definition) is 1. The Labute approximate surface area is 124 Å². The Morgan fingerprint density at radius 3 is 2.86 bits per heavy atom. The fourth-order valence-corrected chi connectivity index (χ4v) is 2.35. The number of nitro groups is 1. The van der Waals surface area contributed by atoms with Gasteiger partial charge in [-0.05, 0) is 39.3 Å². The van der Waals surface area contributed by atoms with E-state index in [1.807, 2.05) is 13.8 Å². The maximum atomic E-state index is 11.0. The van der Waals surface area contributed by atoms with Gasteiger partial charge in [-0.1, -0.05) is 6.42 Å². The SMILES string of the molecule is CC(C)Oc1cc(OCC2CCCCN2)ccc1[N+](=O)[O-]. The Kier molecular flexibility index (Phi) is 5.38. The lowest BCUT2D eigenvalue weighted by molar-refractivity contribution is -0.386. The van der Waals surface area contributed by atoms with Crippen molar-refractivity contribution in [2.45, 2.75) is 45.3 Å². The number of rotatable bonds is 6. The number of benzene rings is 1. The predicted molar refractivity (Wildman–Crippen MR) is 80.0 cm³/mol. The van der Waals surface area contributed by atoms with Gasteiger partial charge < -0.3 is 14.8 Å². The van der Waals surface area contributed by atoms with Crippen molar-refractivity contribution >= 4 is 5.69 Å². The summed E-state index contributed by atoms with van der Waals surface area (Å²) >= 11 is 0. The van der Waals surface area contributed by atoms with E-state index in [0.717, 1.165) is 13.0 Å². The maximum Gasteiger partial charge on any atom is 0.311 e. The minimum absolute atomic E-state index is 0.0353. The third-order valence-corrected chi connectivity index (χ3v) is 3.35. The van der Waals surface area contributed by atoms with Crippen LogP contribution in [0.4, 0.5) is 5.69 Å². The summed E-state index contributed by atoms with van der Waals surface area (Å²) in [6, 6.07) is 5.00. The van der Waals surface area contributed by atoms with Crippen LogP contribution in [0.15, 0.2) is 18.2 Å². The summed E-state index contributed by atoms with van der Waals surface area (Å²) in [5, 5.41) is 14.4. The van der Waals surface area contributed by atoms with Crippen molar-refractivity contribution < 1.29 is 14.4 Å². The van der Waals surface area contributed by atoms with Crippen molar-refractivity contribution in [1.82, 2.24) is 5.32 Å². The molecule has 0 aliphatic carbocycles. The molecule has 0 radical (unpaired) electrons. The highest BCUT2D eigenvalue weighted by Gasteiger charge is 2.18. The molecule has 0 amide bonds. The zero-order valence-electron chi connectivity index (χ0n) is 12.5. The lowest BCUT2D eigenvalue weighted by Crippen LogP contribution is -2.38. The zero-order chi connectivity index (χ0) is 15.2. The number of nitrogens with one attached hydrogen (secondary N) is 1. The van der Waals surface area contributed by atoms with Crippen molar-refractivity contribution in [2.24, 2.45) is 0 Å². The summed E-state index contributed by atoms with van der Waals surface area (Å²) in [6.45, 7) is 5.27. The molecule has 0 aromatic heterocycles. The first kappa shape index (κ1) is 15.6. The predicted octanol–water partition coefficient (Wildman–Crippen LogP) is 2.90. The molecule has 2 rings (SSSR count). The van der Waals surface area contributed by atoms with E-state index in [0.29, 0.717) is 18.4 Å². The third-order valence-electron chi connectivity index (χ3n) is 3.35. The summed E-state index contributed by atoms with van der Waals surface area (Å²) < 4.78 is 11.2. The second-order valence-corrected chi connectivity index (χ2v) is 5.51. The van der Waals surface area contributed by atoms with E-state index in [9.17, 15) is 10.1 Å². The standard InChI is InChI=1S/C15H22N2O4/c1-11(2)21-15-9-13(6-7-14(15)17(18)19)20-10-12-5-3-4-8-16-12/h6-7,9,11-12,16H,3-5,8,10H2,1-2H3. The van der Waals surface area contributed by atoms with Crippen LogP contribution in [0.2, 0.25) is 0 Å². The first-order chi connectivity index (χ1) is 10.1. The van der Waals surface area contributed by atoms with E-state index in [-0.39, 0.29) is 17.5 Å². The maximum absolute atomic E-state index is 11.0.